The fourth-order valence-corrected chi connectivity index (χ4v) is 1.74. The third kappa shape index (κ3) is 4.20. The lowest BCUT2D eigenvalue weighted by Gasteiger charge is -2.20. The zero-order valence-corrected chi connectivity index (χ0v) is 11.4. The van der Waals surface area contributed by atoms with Crippen LogP contribution in [0.1, 0.15) is 25.5 Å². The molecule has 2 N–H and O–H groups in total. The van der Waals surface area contributed by atoms with Gasteiger partial charge in [-0.05, 0) is 31.5 Å². The zero-order valence-electron chi connectivity index (χ0n) is 10.7. The molecule has 1 aromatic carbocycles. The summed E-state index contributed by atoms with van der Waals surface area (Å²) in [7, 11) is 0. The van der Waals surface area contributed by atoms with Gasteiger partial charge in [-0.15, -0.1) is 0 Å². The standard InChI is InChI=1S/C13H19ClN2O2/c1-3-16(4-2)13(18)15-9-12(17)10-5-7-11(14)8-6-10/h5-8,12,17H,3-4,9H2,1-2H3,(H,15,18). The summed E-state index contributed by atoms with van der Waals surface area (Å²) in [4.78, 5) is 13.3. The largest absolute Gasteiger partial charge is 0.387 e. The number of aliphatic hydroxyl groups excluding tert-OH is 1. The average Bonchev–Trinajstić information content (AvgIpc) is 2.38. The summed E-state index contributed by atoms with van der Waals surface area (Å²) in [6, 6.07) is 6.76. The second-order valence-electron chi connectivity index (χ2n) is 3.93. The quantitative estimate of drug-likeness (QED) is 0.863. The average molecular weight is 271 g/mol. The SMILES string of the molecule is CCN(CC)C(=O)NCC(O)c1ccc(Cl)cc1. The predicted molar refractivity (Wildman–Crippen MR) is 72.7 cm³/mol. The van der Waals surface area contributed by atoms with Gasteiger partial charge >= 0.3 is 6.03 Å². The minimum absolute atomic E-state index is 0.159. The molecule has 0 aliphatic carbocycles. The number of benzene rings is 1. The van der Waals surface area contributed by atoms with Gasteiger partial charge in [-0.25, -0.2) is 4.79 Å². The van der Waals surface area contributed by atoms with Crippen LogP contribution in [0, 0.1) is 0 Å². The van der Waals surface area contributed by atoms with Gasteiger partial charge in [0.2, 0.25) is 0 Å². The summed E-state index contributed by atoms with van der Waals surface area (Å²) in [5.74, 6) is 0. The number of rotatable bonds is 5. The molecule has 0 aromatic heterocycles. The fourth-order valence-electron chi connectivity index (χ4n) is 1.61. The first-order chi connectivity index (χ1) is 8.58. The van der Waals surface area contributed by atoms with Gasteiger partial charge < -0.3 is 15.3 Å². The van der Waals surface area contributed by atoms with Crippen LogP contribution >= 0.6 is 11.6 Å². The molecule has 1 aromatic rings. The van der Waals surface area contributed by atoms with E-state index in [1.54, 1.807) is 29.2 Å². The number of amides is 2. The van der Waals surface area contributed by atoms with E-state index in [9.17, 15) is 9.90 Å². The van der Waals surface area contributed by atoms with Crippen molar-refractivity contribution in [1.82, 2.24) is 10.2 Å². The van der Waals surface area contributed by atoms with Crippen LogP contribution in [0.4, 0.5) is 4.79 Å². The Kier molecular flexibility index (Phi) is 5.95. The Morgan fingerprint density at radius 2 is 1.89 bits per heavy atom. The number of carbonyl (C=O) groups is 1. The first kappa shape index (κ1) is 14.8. The minimum Gasteiger partial charge on any atom is -0.387 e. The van der Waals surface area contributed by atoms with Crippen LogP contribution in [0.15, 0.2) is 24.3 Å². The molecule has 18 heavy (non-hydrogen) atoms. The smallest absolute Gasteiger partial charge is 0.317 e. The van der Waals surface area contributed by atoms with E-state index in [1.165, 1.54) is 0 Å². The van der Waals surface area contributed by atoms with E-state index in [0.29, 0.717) is 18.1 Å². The van der Waals surface area contributed by atoms with E-state index < -0.39 is 6.10 Å². The molecular weight excluding hydrogens is 252 g/mol. The first-order valence-corrected chi connectivity index (χ1v) is 6.42. The number of hydrogen-bond donors (Lipinski definition) is 2. The van der Waals surface area contributed by atoms with Gasteiger partial charge in [0, 0.05) is 24.7 Å². The van der Waals surface area contributed by atoms with Crippen molar-refractivity contribution in [2.24, 2.45) is 0 Å². The molecule has 1 unspecified atom stereocenters. The molecule has 0 spiro atoms. The van der Waals surface area contributed by atoms with Gasteiger partial charge in [0.15, 0.2) is 0 Å². The highest BCUT2D eigenvalue weighted by atomic mass is 35.5. The van der Waals surface area contributed by atoms with Crippen molar-refractivity contribution >= 4 is 17.6 Å². The summed E-state index contributed by atoms with van der Waals surface area (Å²) >= 11 is 5.76. The van der Waals surface area contributed by atoms with E-state index in [4.69, 9.17) is 11.6 Å². The Bertz CT molecular complexity index is 377. The molecular formula is C13H19ClN2O2. The molecule has 1 rings (SSSR count). The lowest BCUT2D eigenvalue weighted by Crippen LogP contribution is -2.41. The summed E-state index contributed by atoms with van der Waals surface area (Å²) in [6.45, 7) is 5.33. The van der Waals surface area contributed by atoms with Gasteiger partial charge in [0.1, 0.15) is 0 Å². The molecule has 4 nitrogen and oxygen atoms in total. The van der Waals surface area contributed by atoms with E-state index in [1.807, 2.05) is 13.8 Å². The van der Waals surface area contributed by atoms with Crippen LogP contribution in [0.2, 0.25) is 5.02 Å². The predicted octanol–water partition coefficient (Wildman–Crippen LogP) is 2.42. The molecule has 0 bridgehead atoms. The first-order valence-electron chi connectivity index (χ1n) is 6.04. The van der Waals surface area contributed by atoms with Crippen molar-refractivity contribution in [1.29, 1.82) is 0 Å². The van der Waals surface area contributed by atoms with Crippen LogP contribution in [-0.4, -0.2) is 35.7 Å². The van der Waals surface area contributed by atoms with E-state index in [-0.39, 0.29) is 12.6 Å². The van der Waals surface area contributed by atoms with Crippen molar-refractivity contribution in [3.8, 4) is 0 Å². The third-order valence-corrected chi connectivity index (χ3v) is 3.00. The van der Waals surface area contributed by atoms with Gasteiger partial charge in [-0.3, -0.25) is 0 Å². The van der Waals surface area contributed by atoms with Crippen LogP contribution in [0.5, 0.6) is 0 Å². The number of halogens is 1. The molecule has 0 aliphatic heterocycles. The maximum Gasteiger partial charge on any atom is 0.317 e. The maximum atomic E-state index is 11.7. The van der Waals surface area contributed by atoms with Gasteiger partial charge in [0.25, 0.3) is 0 Å². The summed E-state index contributed by atoms with van der Waals surface area (Å²) in [6.07, 6.45) is -0.721. The van der Waals surface area contributed by atoms with Crippen LogP contribution in [0.25, 0.3) is 0 Å². The molecule has 0 fully saturated rings. The Balaban J connectivity index is 2.48. The van der Waals surface area contributed by atoms with E-state index in [0.717, 1.165) is 5.56 Å². The number of aliphatic hydroxyl groups is 1. The Morgan fingerprint density at radius 3 is 2.39 bits per heavy atom. The Hall–Kier alpha value is -1.26. The summed E-state index contributed by atoms with van der Waals surface area (Å²) in [5.41, 5.74) is 0.735. The molecule has 0 aliphatic rings. The number of nitrogens with zero attached hydrogens (tertiary/aromatic N) is 1. The number of urea groups is 1. The van der Waals surface area contributed by atoms with Gasteiger partial charge in [-0.2, -0.15) is 0 Å². The van der Waals surface area contributed by atoms with Crippen molar-refractivity contribution in [2.75, 3.05) is 19.6 Å². The molecule has 1 atom stereocenters. The molecule has 5 heteroatoms. The topological polar surface area (TPSA) is 52.6 Å². The summed E-state index contributed by atoms with van der Waals surface area (Å²) in [5, 5.41) is 13.2. The minimum atomic E-state index is -0.721. The normalized spacial score (nSPS) is 12.0. The molecule has 0 radical (unpaired) electrons. The molecule has 0 saturated heterocycles. The second-order valence-corrected chi connectivity index (χ2v) is 4.36. The molecule has 0 saturated carbocycles. The zero-order chi connectivity index (χ0) is 13.5. The molecule has 0 heterocycles. The Morgan fingerprint density at radius 1 is 1.33 bits per heavy atom. The van der Waals surface area contributed by atoms with E-state index in [2.05, 4.69) is 5.32 Å². The van der Waals surface area contributed by atoms with Crippen molar-refractivity contribution in [3.05, 3.63) is 34.9 Å². The Labute approximate surface area is 113 Å². The maximum absolute atomic E-state index is 11.7. The highest BCUT2D eigenvalue weighted by Gasteiger charge is 2.12. The van der Waals surface area contributed by atoms with Crippen LogP contribution < -0.4 is 5.32 Å². The number of hydrogen-bond acceptors (Lipinski definition) is 2. The van der Waals surface area contributed by atoms with Crippen LogP contribution in [-0.2, 0) is 0 Å². The molecule has 100 valence electrons. The number of nitrogens with one attached hydrogen (secondary N) is 1. The fraction of sp³-hybridized carbons (Fsp3) is 0.462. The second kappa shape index (κ2) is 7.24. The summed E-state index contributed by atoms with van der Waals surface area (Å²) < 4.78 is 0. The van der Waals surface area contributed by atoms with Crippen molar-refractivity contribution in [3.63, 3.8) is 0 Å². The van der Waals surface area contributed by atoms with Crippen molar-refractivity contribution < 1.29 is 9.90 Å². The van der Waals surface area contributed by atoms with Gasteiger partial charge in [-0.1, -0.05) is 23.7 Å². The number of carbonyl (C=O) groups excluding carboxylic acids is 1. The van der Waals surface area contributed by atoms with Crippen molar-refractivity contribution in [2.45, 2.75) is 20.0 Å². The monoisotopic (exact) mass is 270 g/mol. The lowest BCUT2D eigenvalue weighted by atomic mass is 10.1. The van der Waals surface area contributed by atoms with Crippen LogP contribution in [0.3, 0.4) is 0 Å². The molecule has 2 amide bonds. The van der Waals surface area contributed by atoms with E-state index >= 15 is 0 Å². The third-order valence-electron chi connectivity index (χ3n) is 2.75. The lowest BCUT2D eigenvalue weighted by molar-refractivity contribution is 0.163. The highest BCUT2D eigenvalue weighted by Crippen LogP contribution is 2.15. The van der Waals surface area contributed by atoms with Gasteiger partial charge in [0.05, 0.1) is 6.10 Å². The highest BCUT2D eigenvalue weighted by molar-refractivity contribution is 6.30.